The normalized spacial score (nSPS) is 14.7. The number of nitrogens with two attached hydrogens (primary N) is 1. The highest BCUT2D eigenvalue weighted by Gasteiger charge is 2.60. The minimum atomic E-state index is -5.53. The molecule has 20 heavy (non-hydrogen) atoms. The third-order valence-electron chi connectivity index (χ3n) is 2.52. The summed E-state index contributed by atoms with van der Waals surface area (Å²) < 4.78 is 75.9. The molecule has 1 rings (SSSR count). The van der Waals surface area contributed by atoms with E-state index in [0.717, 1.165) is 18.2 Å². The van der Waals surface area contributed by atoms with E-state index in [-0.39, 0.29) is 15.6 Å². The Labute approximate surface area is 119 Å². The van der Waals surface area contributed by atoms with Crippen molar-refractivity contribution in [3.05, 3.63) is 33.8 Å². The summed E-state index contributed by atoms with van der Waals surface area (Å²) in [5.41, 5.74) is 1.16. The monoisotopic (exact) mass is 340 g/mol. The molecule has 0 aliphatic rings. The molecule has 0 bridgehead atoms. The van der Waals surface area contributed by atoms with Gasteiger partial charge in [-0.15, -0.1) is 0 Å². The molecule has 1 unspecified atom stereocenters. The van der Waals surface area contributed by atoms with Crippen LogP contribution in [0.2, 0.25) is 10.0 Å². The third-order valence-corrected chi connectivity index (χ3v) is 3.26. The minimum Gasteiger partial charge on any atom is -0.271 e. The van der Waals surface area contributed by atoms with Gasteiger partial charge < -0.3 is 0 Å². The zero-order chi connectivity index (χ0) is 15.7. The molecule has 3 N–H and O–H groups in total. The van der Waals surface area contributed by atoms with E-state index in [1.165, 1.54) is 5.43 Å². The average Bonchev–Trinajstić information content (AvgIpc) is 2.26. The summed E-state index contributed by atoms with van der Waals surface area (Å²) in [6.45, 7) is 0. The second-order valence-corrected chi connectivity index (χ2v) is 4.69. The summed E-state index contributed by atoms with van der Waals surface area (Å²) in [5.74, 6) is 1.19. The Morgan fingerprint density at radius 3 is 1.80 bits per heavy atom. The van der Waals surface area contributed by atoms with Crippen molar-refractivity contribution in [1.82, 2.24) is 5.43 Å². The van der Waals surface area contributed by atoms with Crippen LogP contribution in [0.15, 0.2) is 18.2 Å². The maximum absolute atomic E-state index is 12.6. The molecule has 0 saturated carbocycles. The lowest BCUT2D eigenvalue weighted by atomic mass is 9.92. The van der Waals surface area contributed by atoms with Crippen LogP contribution in [-0.2, 0) is 0 Å². The number of nitrogens with one attached hydrogen (secondary N) is 1. The molecule has 2 nitrogen and oxygen atoms in total. The van der Waals surface area contributed by atoms with Gasteiger partial charge >= 0.3 is 12.4 Å². The van der Waals surface area contributed by atoms with Gasteiger partial charge in [-0.05, 0) is 17.7 Å². The number of hydrogen-bond acceptors (Lipinski definition) is 2. The van der Waals surface area contributed by atoms with E-state index in [1.54, 1.807) is 0 Å². The van der Waals surface area contributed by atoms with Crippen LogP contribution in [-0.4, -0.2) is 12.4 Å². The molecule has 0 saturated heterocycles. The molecule has 10 heteroatoms. The van der Waals surface area contributed by atoms with E-state index in [4.69, 9.17) is 29.0 Å². The second-order valence-electron chi connectivity index (χ2n) is 3.88. The first-order valence-corrected chi connectivity index (χ1v) is 5.78. The third kappa shape index (κ3) is 3.91. The highest BCUT2D eigenvalue weighted by molar-refractivity contribution is 6.42. The molecule has 0 fully saturated rings. The summed E-state index contributed by atoms with van der Waals surface area (Å²) in [4.78, 5) is 0. The van der Waals surface area contributed by atoms with Crippen molar-refractivity contribution in [3.63, 3.8) is 0 Å². The van der Waals surface area contributed by atoms with E-state index >= 15 is 0 Å². The van der Waals surface area contributed by atoms with Gasteiger partial charge in [0, 0.05) is 0 Å². The second kappa shape index (κ2) is 5.97. The van der Waals surface area contributed by atoms with Gasteiger partial charge in [0.15, 0.2) is 5.92 Å². The van der Waals surface area contributed by atoms with E-state index in [0.29, 0.717) is 0 Å². The summed E-state index contributed by atoms with van der Waals surface area (Å²) in [6.07, 6.45) is -11.1. The molecule has 114 valence electrons. The number of alkyl halides is 6. The molecular weight excluding hydrogens is 333 g/mol. The van der Waals surface area contributed by atoms with Gasteiger partial charge in [0.2, 0.25) is 0 Å². The van der Waals surface area contributed by atoms with Crippen molar-refractivity contribution >= 4 is 23.2 Å². The van der Waals surface area contributed by atoms with Crippen LogP contribution < -0.4 is 11.3 Å². The molecule has 0 aromatic heterocycles. The number of hydrogen-bond donors (Lipinski definition) is 2. The van der Waals surface area contributed by atoms with Gasteiger partial charge in [0.1, 0.15) is 0 Å². The Kier molecular flexibility index (Phi) is 5.18. The van der Waals surface area contributed by atoms with Crippen molar-refractivity contribution < 1.29 is 26.3 Å². The lowest BCUT2D eigenvalue weighted by Crippen LogP contribution is -2.47. The maximum atomic E-state index is 12.6. The molecule has 0 aliphatic carbocycles. The fraction of sp³-hybridized carbons (Fsp3) is 0.400. The molecule has 0 heterocycles. The number of benzene rings is 1. The lowest BCUT2D eigenvalue weighted by molar-refractivity contribution is -0.292. The fourth-order valence-corrected chi connectivity index (χ4v) is 1.96. The van der Waals surface area contributed by atoms with Crippen LogP contribution in [0.1, 0.15) is 11.6 Å². The highest BCUT2D eigenvalue weighted by Crippen LogP contribution is 2.46. The van der Waals surface area contributed by atoms with Gasteiger partial charge in [-0.1, -0.05) is 29.3 Å². The lowest BCUT2D eigenvalue weighted by Gasteiger charge is -2.30. The van der Waals surface area contributed by atoms with Crippen LogP contribution in [0.4, 0.5) is 26.3 Å². The smallest absolute Gasteiger partial charge is 0.271 e. The molecule has 0 amide bonds. The summed E-state index contributed by atoms with van der Waals surface area (Å²) in [6, 6.07) is 0.750. The zero-order valence-electron chi connectivity index (χ0n) is 9.49. The maximum Gasteiger partial charge on any atom is 0.402 e. The van der Waals surface area contributed by atoms with Crippen LogP contribution in [0, 0.1) is 5.92 Å². The Hall–Kier alpha value is -0.700. The van der Waals surface area contributed by atoms with Crippen LogP contribution in [0.25, 0.3) is 0 Å². The summed E-state index contributed by atoms with van der Waals surface area (Å²) in [5, 5.41) is -0.172. The summed E-state index contributed by atoms with van der Waals surface area (Å²) in [7, 11) is 0. The van der Waals surface area contributed by atoms with Crippen molar-refractivity contribution in [3.8, 4) is 0 Å². The zero-order valence-corrected chi connectivity index (χ0v) is 11.0. The van der Waals surface area contributed by atoms with Crippen LogP contribution in [0.5, 0.6) is 0 Å². The van der Waals surface area contributed by atoms with Crippen LogP contribution in [0.3, 0.4) is 0 Å². The predicted octanol–water partition coefficient (Wildman–Crippen LogP) is 4.24. The molecule has 0 spiro atoms. The van der Waals surface area contributed by atoms with Gasteiger partial charge in [-0.2, -0.15) is 26.3 Å². The Morgan fingerprint density at radius 1 is 0.950 bits per heavy atom. The van der Waals surface area contributed by atoms with E-state index in [2.05, 4.69) is 0 Å². The Balaban J connectivity index is 3.30. The van der Waals surface area contributed by atoms with Crippen molar-refractivity contribution in [2.45, 2.75) is 18.4 Å². The number of hydrazine groups is 1. The molecule has 0 aliphatic heterocycles. The number of halogens is 8. The predicted molar refractivity (Wildman–Crippen MR) is 62.1 cm³/mol. The fourth-order valence-electron chi connectivity index (χ4n) is 1.65. The SMILES string of the molecule is NNC(c1ccc(Cl)c(Cl)c1)C(C(F)(F)F)C(F)(F)F. The molecule has 1 atom stereocenters. The molecular formula is C10H8Cl2F6N2. The molecule has 1 aromatic rings. The Morgan fingerprint density at radius 2 is 1.45 bits per heavy atom. The topological polar surface area (TPSA) is 38.0 Å². The first-order chi connectivity index (χ1) is 8.98. The van der Waals surface area contributed by atoms with Crippen molar-refractivity contribution in [2.75, 3.05) is 0 Å². The molecule has 1 aromatic carbocycles. The highest BCUT2D eigenvalue weighted by atomic mass is 35.5. The van der Waals surface area contributed by atoms with Gasteiger partial charge in [-0.25, -0.2) is 0 Å². The largest absolute Gasteiger partial charge is 0.402 e. The van der Waals surface area contributed by atoms with E-state index in [9.17, 15) is 26.3 Å². The van der Waals surface area contributed by atoms with Gasteiger partial charge in [0.25, 0.3) is 0 Å². The van der Waals surface area contributed by atoms with Gasteiger partial charge in [0.05, 0.1) is 16.1 Å². The van der Waals surface area contributed by atoms with E-state index < -0.39 is 24.3 Å². The minimum absolute atomic E-state index is 0.00163. The van der Waals surface area contributed by atoms with E-state index in [1.807, 2.05) is 0 Å². The standard InChI is InChI=1S/C10H8Cl2F6N2/c11-5-2-1-4(3-6(5)12)7(20-19)8(9(13,14)15)10(16,17)18/h1-3,7-8,20H,19H2. The number of rotatable bonds is 3. The molecule has 0 radical (unpaired) electrons. The average molecular weight is 341 g/mol. The first kappa shape index (κ1) is 17.4. The Bertz CT molecular complexity index is 460. The van der Waals surface area contributed by atoms with Gasteiger partial charge in [-0.3, -0.25) is 11.3 Å². The first-order valence-electron chi connectivity index (χ1n) is 5.03. The van der Waals surface area contributed by atoms with Crippen molar-refractivity contribution in [1.29, 1.82) is 0 Å². The quantitative estimate of drug-likeness (QED) is 0.490. The summed E-state index contributed by atoms with van der Waals surface area (Å²) >= 11 is 11.1. The van der Waals surface area contributed by atoms with Crippen molar-refractivity contribution in [2.24, 2.45) is 11.8 Å². The van der Waals surface area contributed by atoms with Crippen LogP contribution >= 0.6 is 23.2 Å².